The molecule has 0 amide bonds. The Balaban J connectivity index is 3.06. The summed E-state index contributed by atoms with van der Waals surface area (Å²) in [6.07, 6.45) is 0.455. The molecule has 120 valence electrons. The van der Waals surface area contributed by atoms with Crippen LogP contribution in [0.5, 0.6) is 0 Å². The van der Waals surface area contributed by atoms with Gasteiger partial charge in [0.2, 0.25) is 0 Å². The first-order valence-corrected chi connectivity index (χ1v) is 7.32. The fraction of sp³-hybridized carbons (Fsp3) is 0.625. The molecule has 5 heteroatoms. The van der Waals surface area contributed by atoms with Crippen molar-refractivity contribution in [2.75, 3.05) is 31.7 Å². The topological polar surface area (TPSA) is 38.5 Å². The first kappa shape index (κ1) is 17.9. The summed E-state index contributed by atoms with van der Waals surface area (Å²) in [5.41, 5.74) is 6.29. The van der Waals surface area contributed by atoms with E-state index >= 15 is 0 Å². The fourth-order valence-electron chi connectivity index (χ4n) is 2.35. The second-order valence-electron chi connectivity index (χ2n) is 5.92. The van der Waals surface area contributed by atoms with Crippen LogP contribution in [-0.2, 0) is 11.2 Å². The predicted octanol–water partition coefficient (Wildman–Crippen LogP) is 2.96. The minimum absolute atomic E-state index is 0.0224. The highest BCUT2D eigenvalue weighted by molar-refractivity contribution is 5.51. The van der Waals surface area contributed by atoms with Gasteiger partial charge in [0.25, 0.3) is 0 Å². The van der Waals surface area contributed by atoms with E-state index in [1.807, 2.05) is 20.8 Å². The smallest absolute Gasteiger partial charge is 0.149 e. The molecular weight excluding hydrogens is 274 g/mol. The van der Waals surface area contributed by atoms with E-state index in [4.69, 9.17) is 10.5 Å². The lowest BCUT2D eigenvalue weighted by molar-refractivity contribution is 0.204. The Hall–Kier alpha value is -1.20. The minimum atomic E-state index is -0.539. The van der Waals surface area contributed by atoms with Crippen LogP contribution < -0.4 is 10.6 Å². The van der Waals surface area contributed by atoms with Gasteiger partial charge < -0.3 is 15.4 Å². The molecule has 0 aromatic heterocycles. The highest BCUT2D eigenvalue weighted by Gasteiger charge is 2.19. The average Bonchev–Trinajstić information content (AvgIpc) is 2.33. The highest BCUT2D eigenvalue weighted by Crippen LogP contribution is 2.26. The Labute approximate surface area is 126 Å². The standard InChI is InChI=1S/C16H26F2N2O/c1-11(2)10-20(5-6-21-4)16-14(17)8-13(7-12(3)19)9-15(16)18/h8-9,11-12H,5-7,10,19H2,1-4H3. The highest BCUT2D eigenvalue weighted by atomic mass is 19.1. The van der Waals surface area contributed by atoms with Gasteiger partial charge in [-0.1, -0.05) is 13.8 Å². The van der Waals surface area contributed by atoms with Crippen molar-refractivity contribution in [1.29, 1.82) is 0 Å². The first-order chi connectivity index (χ1) is 9.85. The van der Waals surface area contributed by atoms with Crippen molar-refractivity contribution >= 4 is 5.69 Å². The third-order valence-corrected chi connectivity index (χ3v) is 3.10. The Bertz CT molecular complexity index is 427. The van der Waals surface area contributed by atoms with Crippen LogP contribution in [0.3, 0.4) is 0 Å². The van der Waals surface area contributed by atoms with E-state index < -0.39 is 11.6 Å². The largest absolute Gasteiger partial charge is 0.383 e. The Morgan fingerprint density at radius 3 is 2.19 bits per heavy atom. The maximum absolute atomic E-state index is 14.3. The van der Waals surface area contributed by atoms with Crippen LogP contribution in [0.15, 0.2) is 12.1 Å². The quantitative estimate of drug-likeness (QED) is 0.802. The average molecular weight is 300 g/mol. The van der Waals surface area contributed by atoms with Crippen LogP contribution >= 0.6 is 0 Å². The molecule has 0 saturated carbocycles. The van der Waals surface area contributed by atoms with Gasteiger partial charge in [-0.2, -0.15) is 0 Å². The number of ether oxygens (including phenoxy) is 1. The monoisotopic (exact) mass is 300 g/mol. The van der Waals surface area contributed by atoms with Crippen molar-refractivity contribution in [2.45, 2.75) is 33.2 Å². The lowest BCUT2D eigenvalue weighted by Gasteiger charge is -2.27. The molecule has 1 aromatic rings. The molecule has 1 aromatic carbocycles. The van der Waals surface area contributed by atoms with Crippen molar-refractivity contribution in [3.05, 3.63) is 29.3 Å². The molecule has 1 atom stereocenters. The van der Waals surface area contributed by atoms with Gasteiger partial charge in [0.15, 0.2) is 0 Å². The summed E-state index contributed by atoms with van der Waals surface area (Å²) in [5.74, 6) is -0.783. The second-order valence-corrected chi connectivity index (χ2v) is 5.92. The van der Waals surface area contributed by atoms with Crippen LogP contribution in [0.4, 0.5) is 14.5 Å². The predicted molar refractivity (Wildman–Crippen MR) is 82.6 cm³/mol. The van der Waals surface area contributed by atoms with Crippen LogP contribution in [0.2, 0.25) is 0 Å². The fourth-order valence-corrected chi connectivity index (χ4v) is 2.35. The number of methoxy groups -OCH3 is 1. The van der Waals surface area contributed by atoms with Gasteiger partial charge in [-0.25, -0.2) is 8.78 Å². The van der Waals surface area contributed by atoms with Crippen LogP contribution in [0, 0.1) is 17.6 Å². The summed E-state index contributed by atoms with van der Waals surface area (Å²) >= 11 is 0. The number of benzene rings is 1. The molecule has 0 radical (unpaired) electrons. The van der Waals surface area contributed by atoms with Gasteiger partial charge in [-0.15, -0.1) is 0 Å². The van der Waals surface area contributed by atoms with E-state index in [1.54, 1.807) is 12.0 Å². The van der Waals surface area contributed by atoms with Crippen molar-refractivity contribution < 1.29 is 13.5 Å². The third-order valence-electron chi connectivity index (χ3n) is 3.10. The van der Waals surface area contributed by atoms with Crippen molar-refractivity contribution in [2.24, 2.45) is 11.7 Å². The van der Waals surface area contributed by atoms with Crippen LogP contribution in [-0.4, -0.2) is 32.8 Å². The maximum Gasteiger partial charge on any atom is 0.149 e. The molecule has 0 fully saturated rings. The molecule has 3 nitrogen and oxygen atoms in total. The zero-order valence-corrected chi connectivity index (χ0v) is 13.3. The number of hydrogen-bond donors (Lipinski definition) is 1. The van der Waals surface area contributed by atoms with E-state index in [9.17, 15) is 8.78 Å². The lowest BCUT2D eigenvalue weighted by Crippen LogP contribution is -2.32. The summed E-state index contributed by atoms with van der Waals surface area (Å²) < 4.78 is 33.7. The number of hydrogen-bond acceptors (Lipinski definition) is 3. The molecule has 1 rings (SSSR count). The summed E-state index contributed by atoms with van der Waals surface area (Å²) in [4.78, 5) is 1.70. The molecule has 0 aliphatic heterocycles. The third kappa shape index (κ3) is 5.59. The SMILES string of the molecule is COCCN(CC(C)C)c1c(F)cc(CC(C)N)cc1F. The summed E-state index contributed by atoms with van der Waals surface area (Å²) in [6, 6.07) is 2.62. The minimum Gasteiger partial charge on any atom is -0.383 e. The van der Waals surface area contributed by atoms with Crippen molar-refractivity contribution in [3.8, 4) is 0 Å². The number of rotatable bonds is 8. The van der Waals surface area contributed by atoms with E-state index in [0.29, 0.717) is 37.6 Å². The zero-order valence-electron chi connectivity index (χ0n) is 13.3. The number of nitrogens with two attached hydrogens (primary N) is 1. The van der Waals surface area contributed by atoms with Crippen molar-refractivity contribution in [3.63, 3.8) is 0 Å². The van der Waals surface area contributed by atoms with Gasteiger partial charge >= 0.3 is 0 Å². The number of anilines is 1. The lowest BCUT2D eigenvalue weighted by atomic mass is 10.1. The van der Waals surface area contributed by atoms with Gasteiger partial charge in [0.1, 0.15) is 17.3 Å². The molecule has 0 heterocycles. The molecule has 1 unspecified atom stereocenters. The zero-order chi connectivity index (χ0) is 16.0. The maximum atomic E-state index is 14.3. The number of nitrogens with zero attached hydrogens (tertiary/aromatic N) is 1. The van der Waals surface area contributed by atoms with E-state index in [1.165, 1.54) is 12.1 Å². The van der Waals surface area contributed by atoms with Gasteiger partial charge in [0.05, 0.1) is 6.61 Å². The van der Waals surface area contributed by atoms with Crippen molar-refractivity contribution in [1.82, 2.24) is 0 Å². The summed E-state index contributed by atoms with van der Waals surface area (Å²) in [6.45, 7) is 7.29. The molecule has 2 N–H and O–H groups in total. The molecule has 0 saturated heterocycles. The van der Waals surface area contributed by atoms with E-state index in [0.717, 1.165) is 0 Å². The van der Waals surface area contributed by atoms with Gasteiger partial charge in [0, 0.05) is 26.2 Å². The van der Waals surface area contributed by atoms with Gasteiger partial charge in [-0.05, 0) is 37.0 Å². The molecule has 0 aliphatic rings. The van der Waals surface area contributed by atoms with Crippen LogP contribution in [0.1, 0.15) is 26.3 Å². The van der Waals surface area contributed by atoms with Gasteiger partial charge in [-0.3, -0.25) is 0 Å². The summed E-state index contributed by atoms with van der Waals surface area (Å²) in [7, 11) is 1.58. The Morgan fingerprint density at radius 1 is 1.19 bits per heavy atom. The Kier molecular flexibility index (Phi) is 7.05. The molecule has 0 spiro atoms. The van der Waals surface area contributed by atoms with E-state index in [-0.39, 0.29) is 11.7 Å². The normalized spacial score (nSPS) is 12.8. The first-order valence-electron chi connectivity index (χ1n) is 7.32. The second kappa shape index (κ2) is 8.29. The molecular formula is C16H26F2N2O. The van der Waals surface area contributed by atoms with Crippen LogP contribution in [0.25, 0.3) is 0 Å². The molecule has 0 bridgehead atoms. The van der Waals surface area contributed by atoms with E-state index in [2.05, 4.69) is 0 Å². The number of halogens is 2. The summed E-state index contributed by atoms with van der Waals surface area (Å²) in [5, 5.41) is 0. The molecule has 21 heavy (non-hydrogen) atoms. The Morgan fingerprint density at radius 2 is 1.76 bits per heavy atom. The molecule has 0 aliphatic carbocycles.